The molecule has 1 unspecified atom stereocenters. The fourth-order valence-electron chi connectivity index (χ4n) is 2.20. The molecule has 0 radical (unpaired) electrons. The predicted octanol–water partition coefficient (Wildman–Crippen LogP) is 0.504. The molecule has 2 aromatic rings. The third kappa shape index (κ3) is 3.15. The monoisotopic (exact) mass is 291 g/mol. The first-order chi connectivity index (χ1) is 10.0. The number of esters is 1. The SMILES string of the molecule is CCOC(=O)C(CCC(N)=O)n1c(C)nc2cncnc21. The van der Waals surface area contributed by atoms with Gasteiger partial charge in [0.1, 0.15) is 23.7 Å². The minimum atomic E-state index is -0.683. The number of amides is 1. The Bertz CT molecular complexity index is 667. The van der Waals surface area contributed by atoms with Crippen molar-refractivity contribution in [2.24, 2.45) is 5.73 Å². The Labute approximate surface area is 121 Å². The number of rotatable bonds is 6. The first-order valence-corrected chi connectivity index (χ1v) is 6.64. The van der Waals surface area contributed by atoms with Crippen molar-refractivity contribution in [3.8, 4) is 0 Å². The van der Waals surface area contributed by atoms with Crippen LogP contribution in [0.15, 0.2) is 12.5 Å². The molecule has 0 bridgehead atoms. The van der Waals surface area contributed by atoms with Gasteiger partial charge in [0.15, 0.2) is 5.65 Å². The van der Waals surface area contributed by atoms with Gasteiger partial charge < -0.3 is 10.5 Å². The number of nitrogens with two attached hydrogens (primary N) is 1. The second-order valence-corrected chi connectivity index (χ2v) is 4.53. The Balaban J connectivity index is 2.44. The predicted molar refractivity (Wildman–Crippen MR) is 74.2 cm³/mol. The van der Waals surface area contributed by atoms with Crippen LogP contribution in [-0.4, -0.2) is 38.0 Å². The third-order valence-corrected chi connectivity index (χ3v) is 3.07. The van der Waals surface area contributed by atoms with E-state index in [0.717, 1.165) is 0 Å². The first kappa shape index (κ1) is 14.9. The number of carbonyl (C=O) groups is 2. The van der Waals surface area contributed by atoms with Gasteiger partial charge in [-0.05, 0) is 20.3 Å². The number of aryl methyl sites for hydroxylation is 1. The molecular weight excluding hydrogens is 274 g/mol. The molecule has 21 heavy (non-hydrogen) atoms. The van der Waals surface area contributed by atoms with E-state index in [4.69, 9.17) is 10.5 Å². The second kappa shape index (κ2) is 6.29. The average molecular weight is 291 g/mol. The highest BCUT2D eigenvalue weighted by Gasteiger charge is 2.26. The molecular formula is C13H17N5O3. The molecule has 2 rings (SSSR count). The summed E-state index contributed by atoms with van der Waals surface area (Å²) in [5, 5.41) is 0. The van der Waals surface area contributed by atoms with Gasteiger partial charge in [0, 0.05) is 6.42 Å². The molecule has 2 N–H and O–H groups in total. The molecule has 0 aliphatic heterocycles. The number of nitrogens with zero attached hydrogens (tertiary/aromatic N) is 4. The van der Waals surface area contributed by atoms with Crippen LogP contribution in [-0.2, 0) is 14.3 Å². The van der Waals surface area contributed by atoms with Crippen molar-refractivity contribution in [3.05, 3.63) is 18.3 Å². The van der Waals surface area contributed by atoms with Gasteiger partial charge in [-0.3, -0.25) is 9.36 Å². The maximum Gasteiger partial charge on any atom is 0.329 e. The van der Waals surface area contributed by atoms with E-state index in [0.29, 0.717) is 17.0 Å². The summed E-state index contributed by atoms with van der Waals surface area (Å²) in [5.74, 6) is -0.297. The summed E-state index contributed by atoms with van der Waals surface area (Å²) in [5.41, 5.74) is 6.30. The number of aromatic nitrogens is 4. The Morgan fingerprint density at radius 2 is 2.24 bits per heavy atom. The average Bonchev–Trinajstić information content (AvgIpc) is 2.76. The lowest BCUT2D eigenvalue weighted by molar-refractivity contribution is -0.147. The van der Waals surface area contributed by atoms with Crippen LogP contribution in [0.1, 0.15) is 31.6 Å². The van der Waals surface area contributed by atoms with Gasteiger partial charge in [0.05, 0.1) is 12.8 Å². The maximum atomic E-state index is 12.2. The van der Waals surface area contributed by atoms with E-state index in [2.05, 4.69) is 15.0 Å². The van der Waals surface area contributed by atoms with Crippen molar-refractivity contribution in [1.29, 1.82) is 0 Å². The van der Waals surface area contributed by atoms with E-state index in [1.54, 1.807) is 24.6 Å². The summed E-state index contributed by atoms with van der Waals surface area (Å²) >= 11 is 0. The van der Waals surface area contributed by atoms with Gasteiger partial charge in [-0.2, -0.15) is 0 Å². The van der Waals surface area contributed by atoms with E-state index >= 15 is 0 Å². The number of primary amides is 1. The van der Waals surface area contributed by atoms with Crippen LogP contribution in [0.25, 0.3) is 11.2 Å². The zero-order valence-corrected chi connectivity index (χ0v) is 11.9. The van der Waals surface area contributed by atoms with Crippen LogP contribution < -0.4 is 5.73 Å². The molecule has 0 aliphatic rings. The highest BCUT2D eigenvalue weighted by molar-refractivity contribution is 5.80. The number of fused-ring (bicyclic) bond motifs is 1. The van der Waals surface area contributed by atoms with Crippen molar-refractivity contribution in [2.45, 2.75) is 32.7 Å². The van der Waals surface area contributed by atoms with Crippen molar-refractivity contribution < 1.29 is 14.3 Å². The lowest BCUT2D eigenvalue weighted by Crippen LogP contribution is -2.25. The molecule has 1 amide bonds. The zero-order chi connectivity index (χ0) is 15.4. The number of carbonyl (C=O) groups excluding carboxylic acids is 2. The quantitative estimate of drug-likeness (QED) is 0.775. The normalized spacial score (nSPS) is 12.3. The minimum absolute atomic E-state index is 0.0771. The van der Waals surface area contributed by atoms with Crippen LogP contribution in [0.3, 0.4) is 0 Å². The van der Waals surface area contributed by atoms with E-state index in [9.17, 15) is 9.59 Å². The maximum absolute atomic E-state index is 12.2. The minimum Gasteiger partial charge on any atom is -0.464 e. The van der Waals surface area contributed by atoms with Crippen molar-refractivity contribution >= 4 is 23.0 Å². The van der Waals surface area contributed by atoms with Gasteiger partial charge in [-0.25, -0.2) is 19.7 Å². The lowest BCUT2D eigenvalue weighted by atomic mass is 10.1. The Hall–Kier alpha value is -2.51. The fourth-order valence-corrected chi connectivity index (χ4v) is 2.20. The second-order valence-electron chi connectivity index (χ2n) is 4.53. The smallest absolute Gasteiger partial charge is 0.329 e. The Kier molecular flexibility index (Phi) is 4.46. The van der Waals surface area contributed by atoms with Gasteiger partial charge >= 0.3 is 5.97 Å². The summed E-state index contributed by atoms with van der Waals surface area (Å²) in [7, 11) is 0. The van der Waals surface area contributed by atoms with Crippen LogP contribution in [0.5, 0.6) is 0 Å². The van der Waals surface area contributed by atoms with Gasteiger partial charge in [-0.15, -0.1) is 0 Å². The topological polar surface area (TPSA) is 113 Å². The number of imidazole rings is 1. The summed E-state index contributed by atoms with van der Waals surface area (Å²) in [4.78, 5) is 35.6. The van der Waals surface area contributed by atoms with Crippen LogP contribution in [0.4, 0.5) is 0 Å². The largest absolute Gasteiger partial charge is 0.464 e. The molecule has 0 fully saturated rings. The van der Waals surface area contributed by atoms with Crippen LogP contribution in [0, 0.1) is 6.92 Å². The molecule has 0 saturated heterocycles. The molecule has 0 aliphatic carbocycles. The highest BCUT2D eigenvalue weighted by atomic mass is 16.5. The first-order valence-electron chi connectivity index (χ1n) is 6.64. The molecule has 2 aromatic heterocycles. The molecule has 112 valence electrons. The highest BCUT2D eigenvalue weighted by Crippen LogP contribution is 2.23. The van der Waals surface area contributed by atoms with Gasteiger partial charge in [0.25, 0.3) is 0 Å². The van der Waals surface area contributed by atoms with Crippen molar-refractivity contribution in [2.75, 3.05) is 6.61 Å². The van der Waals surface area contributed by atoms with Crippen LogP contribution in [0.2, 0.25) is 0 Å². The van der Waals surface area contributed by atoms with E-state index in [-0.39, 0.29) is 19.4 Å². The van der Waals surface area contributed by atoms with Gasteiger partial charge in [0.2, 0.25) is 5.91 Å². The number of hydrogen-bond donors (Lipinski definition) is 1. The van der Waals surface area contributed by atoms with Crippen molar-refractivity contribution in [1.82, 2.24) is 19.5 Å². The molecule has 0 saturated carbocycles. The van der Waals surface area contributed by atoms with Gasteiger partial charge in [-0.1, -0.05) is 0 Å². The van der Waals surface area contributed by atoms with E-state index < -0.39 is 17.9 Å². The lowest BCUT2D eigenvalue weighted by Gasteiger charge is -2.18. The number of ether oxygens (including phenoxy) is 1. The van der Waals surface area contributed by atoms with E-state index in [1.165, 1.54) is 6.33 Å². The van der Waals surface area contributed by atoms with E-state index in [1.807, 2.05) is 0 Å². The summed E-state index contributed by atoms with van der Waals surface area (Å²) < 4.78 is 6.75. The third-order valence-electron chi connectivity index (χ3n) is 3.07. The Morgan fingerprint density at radius 1 is 1.48 bits per heavy atom. The molecule has 0 spiro atoms. The summed E-state index contributed by atoms with van der Waals surface area (Å²) in [6, 6.07) is -0.683. The fraction of sp³-hybridized carbons (Fsp3) is 0.462. The molecule has 0 aromatic carbocycles. The van der Waals surface area contributed by atoms with Crippen LogP contribution >= 0.6 is 0 Å². The summed E-state index contributed by atoms with van der Waals surface area (Å²) in [6.45, 7) is 3.74. The molecule has 8 heteroatoms. The molecule has 8 nitrogen and oxygen atoms in total. The van der Waals surface area contributed by atoms with Crippen molar-refractivity contribution in [3.63, 3.8) is 0 Å². The zero-order valence-electron chi connectivity index (χ0n) is 11.9. The Morgan fingerprint density at radius 3 is 2.90 bits per heavy atom. The number of hydrogen-bond acceptors (Lipinski definition) is 6. The molecule has 2 heterocycles. The summed E-state index contributed by atoms with van der Waals surface area (Å²) in [6.07, 6.45) is 3.27. The molecule has 1 atom stereocenters. The standard InChI is InChI=1S/C13H17N5O3/c1-3-21-13(20)10(4-5-11(14)19)18-8(2)17-9-6-15-7-16-12(9)18/h6-7,10H,3-5H2,1-2H3,(H2,14,19).